The Balaban J connectivity index is 1.50. The van der Waals surface area contributed by atoms with Crippen LogP contribution in [0.25, 0.3) is 11.1 Å². The summed E-state index contributed by atoms with van der Waals surface area (Å²) < 4.78 is 49.7. The first kappa shape index (κ1) is 24.9. The van der Waals surface area contributed by atoms with Crippen LogP contribution in [0.1, 0.15) is 45.1 Å². The number of hydrogen-bond acceptors (Lipinski definition) is 5. The second kappa shape index (κ2) is 9.59. The number of nitrogens with zero attached hydrogens (tertiary/aromatic N) is 1. The SMILES string of the molecule is CC(=O)O[C@H](C)C(=O)N1C2CC(C2)[C@H](NS(=O)(=O)C2CC2)[C@@H]1Cc1cccc(-c2ccccc2)c1F. The van der Waals surface area contributed by atoms with Gasteiger partial charge in [-0.15, -0.1) is 0 Å². The third-order valence-electron chi connectivity index (χ3n) is 7.62. The number of piperidine rings is 2. The number of ether oxygens (including phenoxy) is 1. The van der Waals surface area contributed by atoms with E-state index >= 15 is 4.39 Å². The minimum Gasteiger partial charge on any atom is -0.453 e. The van der Waals surface area contributed by atoms with Gasteiger partial charge in [0.25, 0.3) is 5.91 Å². The van der Waals surface area contributed by atoms with Crippen LogP contribution in [0.2, 0.25) is 0 Å². The van der Waals surface area contributed by atoms with E-state index in [4.69, 9.17) is 4.74 Å². The van der Waals surface area contributed by atoms with Crippen LogP contribution < -0.4 is 4.72 Å². The molecule has 2 aliphatic carbocycles. The lowest BCUT2D eigenvalue weighted by atomic mass is 9.66. The molecular formula is C27H31FN2O5S. The number of esters is 1. The molecule has 4 fully saturated rings. The fourth-order valence-corrected chi connectivity index (χ4v) is 7.31. The van der Waals surface area contributed by atoms with Gasteiger partial charge in [-0.05, 0) is 56.1 Å². The molecule has 6 rings (SSSR count). The maximum Gasteiger partial charge on any atom is 0.303 e. The zero-order valence-electron chi connectivity index (χ0n) is 20.4. The maximum atomic E-state index is 15.8. The first-order chi connectivity index (χ1) is 17.2. The van der Waals surface area contributed by atoms with Crippen molar-refractivity contribution in [1.82, 2.24) is 9.62 Å². The van der Waals surface area contributed by atoms with Gasteiger partial charge in [-0.1, -0.05) is 48.5 Å². The normalized spacial score (nSPS) is 26.1. The largest absolute Gasteiger partial charge is 0.453 e. The summed E-state index contributed by atoms with van der Waals surface area (Å²) in [5.41, 5.74) is 1.61. The molecule has 2 aromatic rings. The number of carbonyl (C=O) groups excluding carboxylic acids is 2. The van der Waals surface area contributed by atoms with Gasteiger partial charge in [0, 0.05) is 24.6 Å². The molecule has 36 heavy (non-hydrogen) atoms. The van der Waals surface area contributed by atoms with Crippen LogP contribution in [0.15, 0.2) is 48.5 Å². The minimum atomic E-state index is -3.54. The van der Waals surface area contributed by atoms with E-state index < -0.39 is 39.4 Å². The predicted molar refractivity (Wildman–Crippen MR) is 133 cm³/mol. The van der Waals surface area contributed by atoms with Crippen molar-refractivity contribution in [2.24, 2.45) is 5.92 Å². The van der Waals surface area contributed by atoms with Crippen molar-refractivity contribution in [3.8, 4) is 11.1 Å². The van der Waals surface area contributed by atoms with Crippen LogP contribution in [0.4, 0.5) is 4.39 Å². The molecule has 0 radical (unpaired) electrons. The monoisotopic (exact) mass is 514 g/mol. The van der Waals surface area contributed by atoms with E-state index in [9.17, 15) is 18.0 Å². The number of amides is 1. The summed E-state index contributed by atoms with van der Waals surface area (Å²) in [6, 6.07) is 13.2. The van der Waals surface area contributed by atoms with Crippen molar-refractivity contribution in [3.05, 3.63) is 59.9 Å². The molecule has 2 aliphatic heterocycles. The molecule has 0 aromatic heterocycles. The van der Waals surface area contributed by atoms with Crippen molar-refractivity contribution < 1.29 is 27.1 Å². The Morgan fingerprint density at radius 1 is 1.11 bits per heavy atom. The summed E-state index contributed by atoms with van der Waals surface area (Å²) in [6.07, 6.45) is 1.72. The van der Waals surface area contributed by atoms with Crippen LogP contribution in [0.5, 0.6) is 0 Å². The second-order valence-electron chi connectivity index (χ2n) is 10.2. The lowest BCUT2D eigenvalue weighted by molar-refractivity contribution is -0.168. The Bertz CT molecular complexity index is 1260. The molecule has 2 heterocycles. The molecule has 0 spiro atoms. The Kier molecular flexibility index (Phi) is 6.63. The number of rotatable bonds is 8. The van der Waals surface area contributed by atoms with Crippen LogP contribution in [0, 0.1) is 11.7 Å². The molecule has 2 aromatic carbocycles. The van der Waals surface area contributed by atoms with Crippen molar-refractivity contribution in [2.45, 2.75) is 75.4 Å². The molecule has 0 unspecified atom stereocenters. The Labute approximate surface area is 211 Å². The number of hydrogen-bond donors (Lipinski definition) is 1. The van der Waals surface area contributed by atoms with Crippen LogP contribution >= 0.6 is 0 Å². The van der Waals surface area contributed by atoms with Crippen molar-refractivity contribution in [2.75, 3.05) is 0 Å². The minimum absolute atomic E-state index is 0.0713. The van der Waals surface area contributed by atoms with E-state index in [-0.39, 0.29) is 30.1 Å². The third kappa shape index (κ3) is 4.78. The van der Waals surface area contributed by atoms with Crippen LogP contribution in [-0.2, 0) is 30.8 Å². The van der Waals surface area contributed by atoms with Gasteiger partial charge in [-0.2, -0.15) is 0 Å². The highest BCUT2D eigenvalue weighted by molar-refractivity contribution is 7.90. The van der Waals surface area contributed by atoms with Gasteiger partial charge >= 0.3 is 5.97 Å². The Hall–Kier alpha value is -2.78. The highest BCUT2D eigenvalue weighted by atomic mass is 32.2. The number of sulfonamides is 1. The standard InChI is InChI=1S/C27H31FN2O5S/c1-16(35-17(2)31)27(32)30-21-13-20(14-21)26(29-36(33,34)22-11-12-22)24(30)15-19-9-6-10-23(25(19)28)18-7-4-3-5-8-18/h3-10,16,20-22,24,26,29H,11-15H2,1-2H3/t16-,20?,21?,24+,26+/m1/s1. The summed E-state index contributed by atoms with van der Waals surface area (Å²) in [7, 11) is -3.54. The van der Waals surface area contributed by atoms with Crippen molar-refractivity contribution in [3.63, 3.8) is 0 Å². The van der Waals surface area contributed by atoms with Crippen molar-refractivity contribution in [1.29, 1.82) is 0 Å². The molecule has 1 amide bonds. The predicted octanol–water partition coefficient (Wildman–Crippen LogP) is 3.43. The maximum absolute atomic E-state index is 15.8. The van der Waals surface area contributed by atoms with E-state index in [1.807, 2.05) is 30.3 Å². The fourth-order valence-electron chi connectivity index (χ4n) is 5.63. The molecule has 2 saturated carbocycles. The summed E-state index contributed by atoms with van der Waals surface area (Å²) in [6.45, 7) is 2.76. The molecular weight excluding hydrogens is 483 g/mol. The zero-order valence-corrected chi connectivity index (χ0v) is 21.2. The first-order valence-electron chi connectivity index (χ1n) is 12.5. The molecule has 2 bridgehead atoms. The van der Waals surface area contributed by atoms with E-state index in [2.05, 4.69) is 4.72 Å². The van der Waals surface area contributed by atoms with Gasteiger partial charge in [0.05, 0.1) is 11.3 Å². The van der Waals surface area contributed by atoms with E-state index in [1.54, 1.807) is 23.1 Å². The van der Waals surface area contributed by atoms with E-state index in [0.717, 1.165) is 5.56 Å². The Morgan fingerprint density at radius 3 is 2.44 bits per heavy atom. The summed E-state index contributed by atoms with van der Waals surface area (Å²) in [4.78, 5) is 26.7. The van der Waals surface area contributed by atoms with E-state index in [1.165, 1.54) is 13.8 Å². The van der Waals surface area contributed by atoms with Gasteiger partial charge in [0.2, 0.25) is 10.0 Å². The highest BCUT2D eigenvalue weighted by Gasteiger charge is 2.55. The number of nitrogens with one attached hydrogen (secondary N) is 1. The molecule has 2 saturated heterocycles. The molecule has 9 heteroatoms. The Morgan fingerprint density at radius 2 is 1.81 bits per heavy atom. The summed E-state index contributed by atoms with van der Waals surface area (Å²) >= 11 is 0. The van der Waals surface area contributed by atoms with Gasteiger partial charge < -0.3 is 9.64 Å². The number of carbonyl (C=O) groups is 2. The zero-order chi connectivity index (χ0) is 25.6. The second-order valence-corrected chi connectivity index (χ2v) is 12.2. The number of benzene rings is 2. The van der Waals surface area contributed by atoms with Gasteiger partial charge in [0.1, 0.15) is 5.82 Å². The smallest absolute Gasteiger partial charge is 0.303 e. The lowest BCUT2D eigenvalue weighted by Gasteiger charge is -2.58. The molecule has 3 atom stereocenters. The molecule has 7 nitrogen and oxygen atoms in total. The molecule has 4 aliphatic rings. The number of halogens is 1. The van der Waals surface area contributed by atoms with Crippen molar-refractivity contribution >= 4 is 21.9 Å². The third-order valence-corrected chi connectivity index (χ3v) is 9.57. The lowest BCUT2D eigenvalue weighted by Crippen LogP contribution is -2.71. The summed E-state index contributed by atoms with van der Waals surface area (Å²) in [5, 5.41) is -0.404. The average molecular weight is 515 g/mol. The average Bonchev–Trinajstić information content (AvgIpc) is 3.66. The van der Waals surface area contributed by atoms with E-state index in [0.29, 0.717) is 36.8 Å². The van der Waals surface area contributed by atoms with Gasteiger partial charge in [0.15, 0.2) is 6.10 Å². The molecule has 192 valence electrons. The topological polar surface area (TPSA) is 92.8 Å². The summed E-state index contributed by atoms with van der Waals surface area (Å²) in [5.74, 6) is -1.26. The fraction of sp³-hybridized carbons (Fsp3) is 0.481. The first-order valence-corrected chi connectivity index (χ1v) is 14.0. The quantitative estimate of drug-likeness (QED) is 0.545. The highest BCUT2D eigenvalue weighted by Crippen LogP contribution is 2.45. The molecule has 1 N–H and O–H groups in total. The van der Waals surface area contributed by atoms with Gasteiger partial charge in [-0.3, -0.25) is 9.59 Å². The van der Waals surface area contributed by atoms with Crippen LogP contribution in [0.3, 0.4) is 0 Å². The van der Waals surface area contributed by atoms with Gasteiger partial charge in [-0.25, -0.2) is 17.5 Å². The van der Waals surface area contributed by atoms with Crippen LogP contribution in [-0.4, -0.2) is 54.7 Å². The number of fused-ring (bicyclic) bond motifs is 2.